The number of allylic oxidation sites excluding steroid dienone is 1. The number of sulfonamides is 1. The van der Waals surface area contributed by atoms with Crippen LogP contribution in [0, 0.1) is 0 Å². The molecule has 3 aliphatic heterocycles. The van der Waals surface area contributed by atoms with Gasteiger partial charge in [0, 0.05) is 50.6 Å². The molecule has 3 aliphatic rings. The third-order valence-corrected chi connectivity index (χ3v) is 6.59. The highest BCUT2D eigenvalue weighted by molar-refractivity contribution is 7.89. The molecule has 1 aromatic carbocycles. The van der Waals surface area contributed by atoms with E-state index in [-0.39, 0.29) is 6.17 Å². The van der Waals surface area contributed by atoms with Gasteiger partial charge < -0.3 is 4.90 Å². The summed E-state index contributed by atoms with van der Waals surface area (Å²) in [4.78, 5) is 7.14. The van der Waals surface area contributed by atoms with Crippen molar-refractivity contribution in [1.29, 1.82) is 0 Å². The van der Waals surface area contributed by atoms with E-state index >= 15 is 0 Å². The fourth-order valence-corrected chi connectivity index (χ4v) is 4.83. The van der Waals surface area contributed by atoms with Crippen LogP contribution < -0.4 is 0 Å². The largest absolute Gasteiger partial charge is 0.354 e. The summed E-state index contributed by atoms with van der Waals surface area (Å²) in [5, 5.41) is 6.36. The van der Waals surface area contributed by atoms with Gasteiger partial charge in [0.05, 0.1) is 4.90 Å². The highest BCUT2D eigenvalue weighted by Crippen LogP contribution is 2.27. The summed E-state index contributed by atoms with van der Waals surface area (Å²) < 4.78 is 27.1. The second-order valence-corrected chi connectivity index (χ2v) is 8.27. The van der Waals surface area contributed by atoms with Gasteiger partial charge in [0.25, 0.3) is 0 Å². The van der Waals surface area contributed by atoms with Crippen LogP contribution in [0.2, 0.25) is 0 Å². The Labute approximate surface area is 148 Å². The molecule has 0 N–H and O–H groups in total. The summed E-state index contributed by atoms with van der Waals surface area (Å²) >= 11 is 0. The predicted molar refractivity (Wildman–Crippen MR) is 96.7 cm³/mol. The maximum absolute atomic E-state index is 12.7. The van der Waals surface area contributed by atoms with E-state index in [1.54, 1.807) is 28.6 Å². The van der Waals surface area contributed by atoms with E-state index in [2.05, 4.69) is 15.0 Å². The van der Waals surface area contributed by atoms with Gasteiger partial charge >= 0.3 is 0 Å². The molecule has 8 heteroatoms. The molecular weight excluding hydrogens is 338 g/mol. The van der Waals surface area contributed by atoms with Gasteiger partial charge in [0.2, 0.25) is 10.0 Å². The first-order chi connectivity index (χ1) is 12.1. The van der Waals surface area contributed by atoms with Crippen LogP contribution in [0.4, 0.5) is 0 Å². The Morgan fingerprint density at radius 1 is 1.08 bits per heavy atom. The molecule has 1 aromatic rings. The van der Waals surface area contributed by atoms with Crippen molar-refractivity contribution in [2.75, 3.05) is 26.2 Å². The predicted octanol–water partition coefficient (Wildman–Crippen LogP) is 1.33. The molecule has 0 bridgehead atoms. The van der Waals surface area contributed by atoms with Crippen LogP contribution in [0.5, 0.6) is 0 Å². The van der Waals surface area contributed by atoms with Crippen LogP contribution in [0.25, 0.3) is 0 Å². The first-order valence-corrected chi connectivity index (χ1v) is 9.87. The van der Waals surface area contributed by atoms with E-state index in [1.165, 1.54) is 0 Å². The molecule has 132 valence electrons. The number of aliphatic imine (C=N–C) groups is 1. The van der Waals surface area contributed by atoms with E-state index in [1.807, 2.05) is 30.3 Å². The Hall–Kier alpha value is -2.19. The third-order valence-electron chi connectivity index (χ3n) is 4.67. The normalized spacial score (nSPS) is 24.1. The summed E-state index contributed by atoms with van der Waals surface area (Å²) in [6.07, 6.45) is 4.78. The Kier molecular flexibility index (Phi) is 4.09. The van der Waals surface area contributed by atoms with Crippen molar-refractivity contribution < 1.29 is 8.42 Å². The van der Waals surface area contributed by atoms with Crippen molar-refractivity contribution in [1.82, 2.24) is 14.2 Å². The molecule has 3 heterocycles. The summed E-state index contributed by atoms with van der Waals surface area (Å²) in [5.74, 6) is 1.02. The van der Waals surface area contributed by atoms with Crippen LogP contribution in [0.3, 0.4) is 0 Å². The smallest absolute Gasteiger partial charge is 0.243 e. The fraction of sp³-hybridized carbons (Fsp3) is 0.412. The van der Waals surface area contributed by atoms with Gasteiger partial charge in [0.15, 0.2) is 0 Å². The lowest BCUT2D eigenvalue weighted by atomic mass is 10.2. The fourth-order valence-electron chi connectivity index (χ4n) is 3.39. The van der Waals surface area contributed by atoms with E-state index in [0.29, 0.717) is 31.1 Å². The first-order valence-electron chi connectivity index (χ1n) is 8.43. The molecule has 0 amide bonds. The number of rotatable bonds is 3. The molecule has 0 aromatic heterocycles. The minimum absolute atomic E-state index is 0.0473. The maximum Gasteiger partial charge on any atom is 0.243 e. The topological polar surface area (TPSA) is 68.6 Å². The van der Waals surface area contributed by atoms with Crippen molar-refractivity contribution in [2.24, 2.45) is 10.1 Å². The Bertz CT molecular complexity index is 839. The molecular formula is C17H21N5O2S. The lowest BCUT2D eigenvalue weighted by molar-refractivity contribution is 0.147. The first kappa shape index (κ1) is 16.3. The van der Waals surface area contributed by atoms with Crippen LogP contribution in [-0.4, -0.2) is 66.9 Å². The second-order valence-electron chi connectivity index (χ2n) is 6.34. The number of benzene rings is 1. The minimum Gasteiger partial charge on any atom is -0.354 e. The highest BCUT2D eigenvalue weighted by Gasteiger charge is 2.34. The molecule has 25 heavy (non-hydrogen) atoms. The average molecular weight is 359 g/mol. The molecule has 4 rings (SSSR count). The quantitative estimate of drug-likeness (QED) is 0.816. The lowest BCUT2D eigenvalue weighted by Gasteiger charge is -2.40. The summed E-state index contributed by atoms with van der Waals surface area (Å²) in [6, 6.07) is 8.63. The number of hydrogen-bond donors (Lipinski definition) is 0. The zero-order valence-corrected chi connectivity index (χ0v) is 14.9. The second kappa shape index (κ2) is 6.27. The minimum atomic E-state index is -3.42. The SMILES string of the molecule is CC1=NC2CC=NN2C(N2CCN(S(=O)(=O)c3ccccc3)CC2)=C1. The van der Waals surface area contributed by atoms with Gasteiger partial charge in [-0.1, -0.05) is 18.2 Å². The van der Waals surface area contributed by atoms with E-state index < -0.39 is 10.0 Å². The number of nitrogens with zero attached hydrogens (tertiary/aromatic N) is 5. The summed E-state index contributed by atoms with van der Waals surface area (Å²) in [7, 11) is -3.42. The molecule has 1 saturated heterocycles. The van der Waals surface area contributed by atoms with Crippen molar-refractivity contribution >= 4 is 21.9 Å². The van der Waals surface area contributed by atoms with Crippen molar-refractivity contribution in [3.63, 3.8) is 0 Å². The van der Waals surface area contributed by atoms with Gasteiger partial charge in [-0.3, -0.25) is 4.99 Å². The van der Waals surface area contributed by atoms with Gasteiger partial charge in [-0.05, 0) is 19.1 Å². The monoisotopic (exact) mass is 359 g/mol. The van der Waals surface area contributed by atoms with Crippen LogP contribution in [0.1, 0.15) is 13.3 Å². The zero-order chi connectivity index (χ0) is 17.4. The lowest BCUT2D eigenvalue weighted by Crippen LogP contribution is -2.51. The van der Waals surface area contributed by atoms with Crippen LogP contribution in [0.15, 0.2) is 57.2 Å². The van der Waals surface area contributed by atoms with Crippen molar-refractivity contribution in [3.05, 3.63) is 42.2 Å². The van der Waals surface area contributed by atoms with E-state index in [9.17, 15) is 8.42 Å². The molecule has 0 aliphatic carbocycles. The van der Waals surface area contributed by atoms with E-state index in [0.717, 1.165) is 18.0 Å². The number of hydrogen-bond acceptors (Lipinski definition) is 6. The van der Waals surface area contributed by atoms with Gasteiger partial charge in [0.1, 0.15) is 12.0 Å². The number of fused-ring (bicyclic) bond motifs is 1. The van der Waals surface area contributed by atoms with Crippen LogP contribution >= 0.6 is 0 Å². The zero-order valence-electron chi connectivity index (χ0n) is 14.1. The van der Waals surface area contributed by atoms with E-state index in [4.69, 9.17) is 0 Å². The molecule has 7 nitrogen and oxygen atoms in total. The molecule has 1 atom stereocenters. The van der Waals surface area contributed by atoms with Crippen molar-refractivity contribution in [3.8, 4) is 0 Å². The Morgan fingerprint density at radius 3 is 2.52 bits per heavy atom. The van der Waals surface area contributed by atoms with Crippen LogP contribution in [-0.2, 0) is 10.0 Å². The average Bonchev–Trinajstić information content (AvgIpc) is 3.10. The molecule has 1 unspecified atom stereocenters. The van der Waals surface area contributed by atoms with Gasteiger partial charge in [-0.2, -0.15) is 9.41 Å². The van der Waals surface area contributed by atoms with Gasteiger partial charge in [-0.15, -0.1) is 0 Å². The number of hydrazone groups is 1. The maximum atomic E-state index is 12.7. The molecule has 0 spiro atoms. The van der Waals surface area contributed by atoms with Crippen molar-refractivity contribution in [2.45, 2.75) is 24.4 Å². The molecule has 0 saturated carbocycles. The third kappa shape index (κ3) is 2.96. The van der Waals surface area contributed by atoms with Gasteiger partial charge in [-0.25, -0.2) is 13.4 Å². The summed E-state index contributed by atoms with van der Waals surface area (Å²) in [6.45, 7) is 4.21. The highest BCUT2D eigenvalue weighted by atomic mass is 32.2. The number of piperazine rings is 1. The molecule has 1 fully saturated rings. The Morgan fingerprint density at radius 2 is 1.80 bits per heavy atom. The standard InChI is InChI=1S/C17H21N5O2S/c1-14-13-17(22-16(19-14)7-8-18-22)20-9-11-21(12-10-20)25(23,24)15-5-3-2-4-6-15/h2-6,8,13,16H,7,9-12H2,1H3. The molecule has 0 radical (unpaired) electrons. The summed E-state index contributed by atoms with van der Waals surface area (Å²) in [5.41, 5.74) is 0.987. The Balaban J connectivity index is 1.49.